The lowest BCUT2D eigenvalue weighted by Gasteiger charge is -2.08. The van der Waals surface area contributed by atoms with Crippen molar-refractivity contribution in [2.75, 3.05) is 6.61 Å². The molecule has 0 unspecified atom stereocenters. The quantitative estimate of drug-likeness (QED) is 0.204. The zero-order valence-electron chi connectivity index (χ0n) is 19.4. The molecule has 0 aliphatic carbocycles. The van der Waals surface area contributed by atoms with Gasteiger partial charge in [-0.3, -0.25) is 4.79 Å². The molecule has 0 saturated heterocycles. The Labute approximate surface area is 196 Å². The Morgan fingerprint density at radius 2 is 2.00 bits per heavy atom. The fourth-order valence-electron chi connectivity index (χ4n) is 3.02. The Balaban J connectivity index is 1.77. The summed E-state index contributed by atoms with van der Waals surface area (Å²) in [4.78, 5) is 11.0. The summed E-state index contributed by atoms with van der Waals surface area (Å²) in [6, 6.07) is 10.3. The van der Waals surface area contributed by atoms with E-state index in [-0.39, 0.29) is 11.8 Å². The zero-order valence-corrected chi connectivity index (χ0v) is 20.2. The number of thiophene rings is 1. The van der Waals surface area contributed by atoms with Gasteiger partial charge in [0.05, 0.1) is 6.61 Å². The number of carbonyl (C=O) groups is 1. The molecular formula is C28H34O3S. The minimum absolute atomic E-state index is 0.0143. The highest BCUT2D eigenvalue weighted by molar-refractivity contribution is 7.08. The number of allylic oxidation sites excluding steroid dienone is 4. The number of carboxylic acid groups (broad SMARTS) is 1. The Hall–Kier alpha value is -2.77. The largest absolute Gasteiger partial charge is 0.494 e. The van der Waals surface area contributed by atoms with E-state index in [1.807, 2.05) is 24.3 Å². The van der Waals surface area contributed by atoms with Gasteiger partial charge in [0, 0.05) is 11.8 Å². The second-order valence-electron chi connectivity index (χ2n) is 8.77. The first-order valence-corrected chi connectivity index (χ1v) is 12.1. The average molecular weight is 451 g/mol. The van der Waals surface area contributed by atoms with Gasteiger partial charge in [0.1, 0.15) is 5.75 Å². The van der Waals surface area contributed by atoms with Crippen molar-refractivity contribution in [2.45, 2.75) is 59.3 Å². The van der Waals surface area contributed by atoms with Crippen LogP contribution in [0.15, 0.2) is 64.9 Å². The molecule has 0 aliphatic rings. The molecule has 1 N–H and O–H groups in total. The van der Waals surface area contributed by atoms with Gasteiger partial charge >= 0.3 is 5.97 Å². The summed E-state index contributed by atoms with van der Waals surface area (Å²) >= 11 is 1.69. The van der Waals surface area contributed by atoms with Crippen molar-refractivity contribution >= 4 is 17.3 Å². The molecule has 2 aromatic rings. The third-order valence-electron chi connectivity index (χ3n) is 4.68. The summed E-state index contributed by atoms with van der Waals surface area (Å²) in [5, 5.41) is 13.2. The number of rotatable bonds is 12. The minimum atomic E-state index is -0.759. The van der Waals surface area contributed by atoms with Gasteiger partial charge in [0.15, 0.2) is 0 Å². The van der Waals surface area contributed by atoms with Gasteiger partial charge in [-0.25, -0.2) is 0 Å². The smallest absolute Gasteiger partial charge is 0.303 e. The lowest BCUT2D eigenvalue weighted by atomic mass is 9.98. The number of aliphatic carboxylic acids is 1. The summed E-state index contributed by atoms with van der Waals surface area (Å²) in [6.07, 6.45) is 10.5. The molecule has 3 nitrogen and oxygen atoms in total. The number of benzene rings is 1. The second-order valence-corrected chi connectivity index (χ2v) is 9.55. The van der Waals surface area contributed by atoms with Crippen LogP contribution in [-0.2, 0) is 4.79 Å². The molecular weight excluding hydrogens is 416 g/mol. The van der Waals surface area contributed by atoms with Gasteiger partial charge in [-0.05, 0) is 99.0 Å². The van der Waals surface area contributed by atoms with E-state index in [1.54, 1.807) is 11.3 Å². The first-order chi connectivity index (χ1) is 15.3. The van der Waals surface area contributed by atoms with Crippen LogP contribution in [0.2, 0.25) is 0 Å². The molecule has 0 atom stereocenters. The Kier molecular flexibility index (Phi) is 10.8. The zero-order chi connectivity index (χ0) is 23.2. The van der Waals surface area contributed by atoms with Crippen molar-refractivity contribution in [3.05, 3.63) is 64.9 Å². The van der Waals surface area contributed by atoms with Gasteiger partial charge < -0.3 is 9.84 Å². The molecule has 0 spiro atoms. The van der Waals surface area contributed by atoms with Crippen LogP contribution in [0.5, 0.6) is 5.75 Å². The Morgan fingerprint density at radius 3 is 2.72 bits per heavy atom. The molecule has 0 radical (unpaired) electrons. The highest BCUT2D eigenvalue weighted by Crippen LogP contribution is 2.25. The predicted octanol–water partition coefficient (Wildman–Crippen LogP) is 7.75. The van der Waals surface area contributed by atoms with E-state index in [4.69, 9.17) is 9.84 Å². The van der Waals surface area contributed by atoms with Crippen LogP contribution in [-0.4, -0.2) is 17.7 Å². The van der Waals surface area contributed by atoms with Crippen molar-refractivity contribution in [1.29, 1.82) is 0 Å². The molecule has 0 fully saturated rings. The van der Waals surface area contributed by atoms with Gasteiger partial charge in [-0.1, -0.05) is 41.7 Å². The first kappa shape index (κ1) is 25.5. The van der Waals surface area contributed by atoms with E-state index < -0.39 is 5.97 Å². The Bertz CT molecular complexity index is 951. The normalized spacial score (nSPS) is 11.9. The number of carboxylic acids is 1. The molecule has 1 aromatic heterocycles. The predicted molar refractivity (Wildman–Crippen MR) is 135 cm³/mol. The number of hydrogen-bond donors (Lipinski definition) is 1. The number of ether oxygens (including phenoxy) is 1. The maximum Gasteiger partial charge on any atom is 0.303 e. The number of unbranched alkanes of at least 4 members (excludes halogenated alkanes) is 2. The fraction of sp³-hybridized carbons (Fsp3) is 0.393. The van der Waals surface area contributed by atoms with E-state index in [1.165, 1.54) is 11.1 Å². The van der Waals surface area contributed by atoms with Crippen LogP contribution < -0.4 is 4.74 Å². The van der Waals surface area contributed by atoms with Crippen molar-refractivity contribution in [3.8, 4) is 28.7 Å². The van der Waals surface area contributed by atoms with Crippen LogP contribution in [0.4, 0.5) is 0 Å². The van der Waals surface area contributed by atoms with E-state index >= 15 is 0 Å². The molecule has 0 aliphatic heterocycles. The molecule has 0 bridgehead atoms. The van der Waals surface area contributed by atoms with E-state index in [9.17, 15) is 4.79 Å². The van der Waals surface area contributed by atoms with Crippen LogP contribution in [0, 0.1) is 17.3 Å². The van der Waals surface area contributed by atoms with Crippen molar-refractivity contribution in [2.24, 2.45) is 5.41 Å². The average Bonchev–Trinajstić information content (AvgIpc) is 3.28. The first-order valence-electron chi connectivity index (χ1n) is 11.2. The standard InChI is InChI=1S/C28H34O3S/c1-28(2,3)18-8-4-6-11-23(15-16-27(29)30)12-7-5-9-19-31-26-14-10-13-24(21-26)25-17-20-32-22-25/h4,6,10,12-14,17,20-22H,5,7,9,11,15-16,19H2,1-3H3,(H,29,30). The minimum Gasteiger partial charge on any atom is -0.494 e. The summed E-state index contributed by atoms with van der Waals surface area (Å²) in [6.45, 7) is 6.91. The van der Waals surface area contributed by atoms with Crippen molar-refractivity contribution in [1.82, 2.24) is 0 Å². The van der Waals surface area contributed by atoms with Gasteiger partial charge in [0.25, 0.3) is 0 Å². The molecule has 32 heavy (non-hydrogen) atoms. The molecule has 170 valence electrons. The highest BCUT2D eigenvalue weighted by Gasteiger charge is 2.03. The maximum atomic E-state index is 11.0. The number of hydrogen-bond acceptors (Lipinski definition) is 3. The van der Waals surface area contributed by atoms with Crippen LogP contribution in [0.3, 0.4) is 0 Å². The molecule has 2 rings (SSSR count). The van der Waals surface area contributed by atoms with Crippen LogP contribution >= 0.6 is 11.3 Å². The molecule has 0 amide bonds. The van der Waals surface area contributed by atoms with Crippen LogP contribution in [0.25, 0.3) is 11.1 Å². The fourth-order valence-corrected chi connectivity index (χ4v) is 3.68. The maximum absolute atomic E-state index is 11.0. The lowest BCUT2D eigenvalue weighted by Crippen LogP contribution is -1.98. The van der Waals surface area contributed by atoms with Crippen LogP contribution in [0.1, 0.15) is 59.3 Å². The third kappa shape index (κ3) is 11.0. The van der Waals surface area contributed by atoms with E-state index in [2.05, 4.69) is 67.6 Å². The summed E-state index contributed by atoms with van der Waals surface area (Å²) in [5.74, 6) is 6.38. The van der Waals surface area contributed by atoms with E-state index in [0.29, 0.717) is 13.0 Å². The van der Waals surface area contributed by atoms with E-state index in [0.717, 1.165) is 37.0 Å². The second kappa shape index (κ2) is 13.6. The molecule has 1 heterocycles. The lowest BCUT2D eigenvalue weighted by molar-refractivity contribution is -0.136. The third-order valence-corrected chi connectivity index (χ3v) is 5.36. The summed E-state index contributed by atoms with van der Waals surface area (Å²) in [7, 11) is 0. The Morgan fingerprint density at radius 1 is 1.16 bits per heavy atom. The molecule has 0 saturated carbocycles. The summed E-state index contributed by atoms with van der Waals surface area (Å²) < 4.78 is 5.93. The highest BCUT2D eigenvalue weighted by atomic mass is 32.1. The molecule has 1 aromatic carbocycles. The van der Waals surface area contributed by atoms with Crippen molar-refractivity contribution in [3.63, 3.8) is 0 Å². The topological polar surface area (TPSA) is 46.5 Å². The van der Waals surface area contributed by atoms with Gasteiger partial charge in [0.2, 0.25) is 0 Å². The SMILES string of the molecule is CC(C)(C)C#CC=CCC(=CCCCCOc1cccc(-c2ccsc2)c1)CCC(=O)O. The molecule has 4 heteroatoms. The summed E-state index contributed by atoms with van der Waals surface area (Å²) in [5.41, 5.74) is 3.54. The van der Waals surface area contributed by atoms with Gasteiger partial charge in [-0.2, -0.15) is 11.3 Å². The van der Waals surface area contributed by atoms with Gasteiger partial charge in [-0.15, -0.1) is 0 Å². The monoisotopic (exact) mass is 450 g/mol. The van der Waals surface area contributed by atoms with Crippen molar-refractivity contribution < 1.29 is 14.6 Å².